The smallest absolute Gasteiger partial charge is 0.0858 e. The number of azo groups is 2. The summed E-state index contributed by atoms with van der Waals surface area (Å²) in [6.45, 7) is 8.34. The molecule has 0 N–H and O–H groups in total. The van der Waals surface area contributed by atoms with E-state index in [9.17, 15) is 0 Å². The van der Waals surface area contributed by atoms with Gasteiger partial charge < -0.3 is 4.90 Å². The van der Waals surface area contributed by atoms with Gasteiger partial charge in [0.15, 0.2) is 0 Å². The summed E-state index contributed by atoms with van der Waals surface area (Å²) in [6, 6.07) is 23.6. The Morgan fingerprint density at radius 2 is 0.857 bits per heavy atom. The molecular weight excluding hydrogens is 346 g/mol. The van der Waals surface area contributed by atoms with Crippen molar-refractivity contribution in [1.29, 1.82) is 0 Å². The van der Waals surface area contributed by atoms with E-state index >= 15 is 0 Å². The minimum absolute atomic E-state index is 0.780. The van der Waals surface area contributed by atoms with E-state index in [1.807, 2.05) is 67.6 Å². The number of hydrogen-bond donors (Lipinski definition) is 0. The summed E-state index contributed by atoms with van der Waals surface area (Å²) in [5.74, 6) is 0. The van der Waals surface area contributed by atoms with Gasteiger partial charge in [0, 0.05) is 18.8 Å². The summed E-state index contributed by atoms with van der Waals surface area (Å²) in [4.78, 5) is 2.30. The third-order valence-electron chi connectivity index (χ3n) is 4.42. The van der Waals surface area contributed by atoms with E-state index in [0.717, 1.165) is 35.8 Å². The van der Waals surface area contributed by atoms with Crippen LogP contribution in [-0.4, -0.2) is 13.1 Å². The number of benzene rings is 3. The fraction of sp³-hybridized carbons (Fsp3) is 0.217. The Morgan fingerprint density at radius 3 is 1.21 bits per heavy atom. The fourth-order valence-corrected chi connectivity index (χ4v) is 2.75. The lowest BCUT2D eigenvalue weighted by Gasteiger charge is -2.20. The van der Waals surface area contributed by atoms with Crippen LogP contribution >= 0.6 is 0 Å². The Kier molecular flexibility index (Phi) is 6.63. The minimum atomic E-state index is 0.780. The molecule has 0 spiro atoms. The molecule has 0 fully saturated rings. The molecule has 28 heavy (non-hydrogen) atoms. The number of hydrogen-bond acceptors (Lipinski definition) is 5. The van der Waals surface area contributed by atoms with Crippen LogP contribution in [0.1, 0.15) is 19.4 Å². The van der Waals surface area contributed by atoms with E-state index in [0.29, 0.717) is 0 Å². The van der Waals surface area contributed by atoms with E-state index in [-0.39, 0.29) is 0 Å². The molecule has 3 aromatic carbocycles. The highest BCUT2D eigenvalue weighted by molar-refractivity contribution is 5.53. The Labute approximate surface area is 166 Å². The number of rotatable bonds is 7. The summed E-state index contributed by atoms with van der Waals surface area (Å²) in [7, 11) is 0. The Hall–Kier alpha value is -3.34. The van der Waals surface area contributed by atoms with Crippen LogP contribution in [0.4, 0.5) is 28.4 Å². The maximum atomic E-state index is 4.31. The lowest BCUT2D eigenvalue weighted by molar-refractivity contribution is 0.866. The van der Waals surface area contributed by atoms with E-state index < -0.39 is 0 Å². The predicted molar refractivity (Wildman–Crippen MR) is 116 cm³/mol. The highest BCUT2D eigenvalue weighted by atomic mass is 15.1. The van der Waals surface area contributed by atoms with Crippen molar-refractivity contribution in [1.82, 2.24) is 0 Å². The molecule has 0 saturated carbocycles. The summed E-state index contributed by atoms with van der Waals surface area (Å²) < 4.78 is 0. The van der Waals surface area contributed by atoms with Gasteiger partial charge in [0.05, 0.1) is 22.7 Å². The van der Waals surface area contributed by atoms with Crippen molar-refractivity contribution in [3.05, 3.63) is 78.4 Å². The van der Waals surface area contributed by atoms with Gasteiger partial charge in [0.25, 0.3) is 0 Å². The van der Waals surface area contributed by atoms with Crippen molar-refractivity contribution in [2.75, 3.05) is 18.0 Å². The topological polar surface area (TPSA) is 52.7 Å². The van der Waals surface area contributed by atoms with Crippen LogP contribution in [0.25, 0.3) is 0 Å². The summed E-state index contributed by atoms with van der Waals surface area (Å²) in [6.07, 6.45) is 0. The lowest BCUT2D eigenvalue weighted by atomic mass is 10.2. The highest BCUT2D eigenvalue weighted by Crippen LogP contribution is 2.25. The first-order valence-corrected chi connectivity index (χ1v) is 9.53. The van der Waals surface area contributed by atoms with Gasteiger partial charge in [-0.15, -0.1) is 0 Å². The number of nitrogens with zero attached hydrogens (tertiary/aromatic N) is 5. The van der Waals surface area contributed by atoms with Gasteiger partial charge in [-0.1, -0.05) is 17.7 Å². The maximum Gasteiger partial charge on any atom is 0.0858 e. The van der Waals surface area contributed by atoms with Gasteiger partial charge in [-0.25, -0.2) is 0 Å². The van der Waals surface area contributed by atoms with Crippen LogP contribution in [0, 0.1) is 6.92 Å². The standard InChI is InChI=1S/C23H25N5/c1-4-28(5-2)23-16-14-22(15-17-23)27-26-21-12-10-20(11-13-21)25-24-19-8-6-18(3)7-9-19/h6-17H,4-5H2,1-3H3. The summed E-state index contributed by atoms with van der Waals surface area (Å²) in [5.41, 5.74) is 5.63. The zero-order valence-corrected chi connectivity index (χ0v) is 16.6. The van der Waals surface area contributed by atoms with Crippen LogP contribution < -0.4 is 4.90 Å². The lowest BCUT2D eigenvalue weighted by Crippen LogP contribution is -2.21. The zero-order valence-electron chi connectivity index (χ0n) is 16.6. The van der Waals surface area contributed by atoms with Gasteiger partial charge in [-0.3, -0.25) is 0 Å². The third kappa shape index (κ3) is 5.33. The molecule has 3 aromatic rings. The molecule has 0 radical (unpaired) electrons. The molecular formula is C23H25N5. The molecule has 0 atom stereocenters. The first kappa shape index (κ1) is 19.4. The van der Waals surface area contributed by atoms with Gasteiger partial charge in [-0.2, -0.15) is 20.5 Å². The monoisotopic (exact) mass is 371 g/mol. The van der Waals surface area contributed by atoms with E-state index in [2.05, 4.69) is 51.3 Å². The van der Waals surface area contributed by atoms with Gasteiger partial charge in [-0.05, 0) is 81.4 Å². The van der Waals surface area contributed by atoms with Crippen molar-refractivity contribution in [2.24, 2.45) is 20.5 Å². The zero-order chi connectivity index (χ0) is 19.8. The molecule has 5 nitrogen and oxygen atoms in total. The van der Waals surface area contributed by atoms with Crippen LogP contribution in [0.2, 0.25) is 0 Å². The highest BCUT2D eigenvalue weighted by Gasteiger charge is 2.01. The molecule has 0 bridgehead atoms. The summed E-state index contributed by atoms with van der Waals surface area (Å²) in [5, 5.41) is 17.1. The van der Waals surface area contributed by atoms with Crippen molar-refractivity contribution in [3.63, 3.8) is 0 Å². The van der Waals surface area contributed by atoms with Crippen molar-refractivity contribution >= 4 is 28.4 Å². The largest absolute Gasteiger partial charge is 0.372 e. The average molecular weight is 371 g/mol. The SMILES string of the molecule is CCN(CC)c1ccc(N=Nc2ccc(N=Nc3ccc(C)cc3)cc2)cc1. The second-order valence-corrected chi connectivity index (χ2v) is 6.44. The number of anilines is 1. The molecule has 0 aliphatic carbocycles. The molecule has 0 heterocycles. The molecule has 5 heteroatoms. The molecule has 0 saturated heterocycles. The first-order valence-electron chi connectivity index (χ1n) is 9.53. The molecule has 0 aromatic heterocycles. The quantitative estimate of drug-likeness (QED) is 0.393. The third-order valence-corrected chi connectivity index (χ3v) is 4.42. The number of aryl methyl sites for hydroxylation is 1. The molecule has 0 unspecified atom stereocenters. The van der Waals surface area contributed by atoms with Crippen LogP contribution in [0.3, 0.4) is 0 Å². The van der Waals surface area contributed by atoms with Gasteiger partial charge >= 0.3 is 0 Å². The van der Waals surface area contributed by atoms with Crippen molar-refractivity contribution in [2.45, 2.75) is 20.8 Å². The Balaban J connectivity index is 1.62. The van der Waals surface area contributed by atoms with Crippen molar-refractivity contribution < 1.29 is 0 Å². The van der Waals surface area contributed by atoms with Crippen LogP contribution in [0.5, 0.6) is 0 Å². The van der Waals surface area contributed by atoms with Crippen molar-refractivity contribution in [3.8, 4) is 0 Å². The van der Waals surface area contributed by atoms with Crippen LogP contribution in [-0.2, 0) is 0 Å². The predicted octanol–water partition coefficient (Wildman–Crippen LogP) is 7.67. The maximum absolute atomic E-state index is 4.31. The normalized spacial score (nSPS) is 11.4. The first-order chi connectivity index (χ1) is 13.7. The fourth-order valence-electron chi connectivity index (χ4n) is 2.75. The second kappa shape index (κ2) is 9.55. The Morgan fingerprint density at radius 1 is 0.536 bits per heavy atom. The molecule has 142 valence electrons. The second-order valence-electron chi connectivity index (χ2n) is 6.44. The summed E-state index contributed by atoms with van der Waals surface area (Å²) >= 11 is 0. The van der Waals surface area contributed by atoms with Gasteiger partial charge in [0.1, 0.15) is 0 Å². The average Bonchev–Trinajstić information content (AvgIpc) is 2.74. The van der Waals surface area contributed by atoms with Gasteiger partial charge in [0.2, 0.25) is 0 Å². The molecule has 0 aliphatic heterocycles. The molecule has 3 rings (SSSR count). The Bertz CT molecular complexity index is 922. The van der Waals surface area contributed by atoms with E-state index in [1.54, 1.807) is 0 Å². The molecule has 0 aliphatic rings. The van der Waals surface area contributed by atoms with E-state index in [1.165, 1.54) is 11.3 Å². The van der Waals surface area contributed by atoms with Crippen LogP contribution in [0.15, 0.2) is 93.3 Å². The van der Waals surface area contributed by atoms with E-state index in [4.69, 9.17) is 0 Å². The minimum Gasteiger partial charge on any atom is -0.372 e. The molecule has 0 amide bonds.